The fraction of sp³-hybridized carbons (Fsp3) is 0.143. The molecule has 0 aliphatic rings. The molecule has 2 heterocycles. The number of furan rings is 1. The number of phenols is 1. The van der Waals surface area contributed by atoms with Crippen LogP contribution in [0.15, 0.2) is 34.9 Å². The van der Waals surface area contributed by atoms with E-state index in [0.717, 1.165) is 33.5 Å². The molecule has 3 rings (SSSR count). The van der Waals surface area contributed by atoms with E-state index in [9.17, 15) is 5.11 Å². The van der Waals surface area contributed by atoms with Gasteiger partial charge in [0.15, 0.2) is 0 Å². The number of hydrogen-bond acceptors (Lipinski definition) is 3. The van der Waals surface area contributed by atoms with Crippen molar-refractivity contribution in [2.75, 3.05) is 0 Å². The Morgan fingerprint density at radius 1 is 1.33 bits per heavy atom. The van der Waals surface area contributed by atoms with Crippen LogP contribution >= 0.6 is 0 Å². The first kappa shape index (κ1) is 10.9. The van der Waals surface area contributed by atoms with Crippen LogP contribution in [0.4, 0.5) is 0 Å². The Morgan fingerprint density at radius 2 is 2.17 bits per heavy atom. The maximum absolute atomic E-state index is 9.46. The lowest BCUT2D eigenvalue weighted by Gasteiger charge is -1.97. The Morgan fingerprint density at radius 3 is 2.94 bits per heavy atom. The second-order valence-electron chi connectivity index (χ2n) is 4.34. The number of hydrogen-bond donors (Lipinski definition) is 3. The second kappa shape index (κ2) is 3.92. The smallest absolute Gasteiger partial charge is 0.117 e. The zero-order chi connectivity index (χ0) is 12.7. The molecule has 0 saturated heterocycles. The number of fused-ring (bicyclic) bond motifs is 1. The van der Waals surface area contributed by atoms with Gasteiger partial charge in [0, 0.05) is 34.6 Å². The largest absolute Gasteiger partial charge is 0.508 e. The predicted octanol–water partition coefficient (Wildman–Crippen LogP) is 2.90. The molecule has 92 valence electrons. The number of nitrogens with two attached hydrogens (primary N) is 1. The van der Waals surface area contributed by atoms with Crippen molar-refractivity contribution in [2.24, 2.45) is 5.73 Å². The van der Waals surface area contributed by atoms with Crippen LogP contribution in [0, 0.1) is 6.92 Å². The van der Waals surface area contributed by atoms with Crippen LogP contribution in [-0.2, 0) is 6.54 Å². The van der Waals surface area contributed by atoms with E-state index in [2.05, 4.69) is 4.98 Å². The van der Waals surface area contributed by atoms with Gasteiger partial charge >= 0.3 is 0 Å². The van der Waals surface area contributed by atoms with Crippen LogP contribution in [0.25, 0.3) is 22.2 Å². The monoisotopic (exact) mass is 242 g/mol. The summed E-state index contributed by atoms with van der Waals surface area (Å²) in [5.74, 6) is 1.09. The average Bonchev–Trinajstić information content (AvgIpc) is 2.91. The van der Waals surface area contributed by atoms with Crippen molar-refractivity contribution in [3.05, 3.63) is 41.9 Å². The zero-order valence-electron chi connectivity index (χ0n) is 10.0. The summed E-state index contributed by atoms with van der Waals surface area (Å²) in [5, 5.41) is 10.5. The molecule has 2 aromatic heterocycles. The highest BCUT2D eigenvalue weighted by atomic mass is 16.3. The van der Waals surface area contributed by atoms with Gasteiger partial charge in [-0.3, -0.25) is 0 Å². The van der Waals surface area contributed by atoms with Gasteiger partial charge < -0.3 is 20.2 Å². The number of aryl methyl sites for hydroxylation is 1. The molecule has 0 atom stereocenters. The van der Waals surface area contributed by atoms with Gasteiger partial charge in [-0.15, -0.1) is 0 Å². The molecule has 0 radical (unpaired) electrons. The van der Waals surface area contributed by atoms with Gasteiger partial charge in [-0.1, -0.05) is 0 Å². The Kier molecular flexibility index (Phi) is 2.38. The van der Waals surface area contributed by atoms with E-state index < -0.39 is 0 Å². The minimum Gasteiger partial charge on any atom is -0.508 e. The van der Waals surface area contributed by atoms with Crippen molar-refractivity contribution >= 4 is 10.9 Å². The van der Waals surface area contributed by atoms with E-state index >= 15 is 0 Å². The average molecular weight is 242 g/mol. The van der Waals surface area contributed by atoms with Gasteiger partial charge in [0.05, 0.1) is 5.69 Å². The summed E-state index contributed by atoms with van der Waals surface area (Å²) >= 11 is 0. The summed E-state index contributed by atoms with van der Waals surface area (Å²) < 4.78 is 5.41. The third kappa shape index (κ3) is 1.58. The minimum absolute atomic E-state index is 0.248. The molecule has 0 fully saturated rings. The number of aromatic hydroxyl groups is 1. The Balaban J connectivity index is 2.19. The molecule has 0 spiro atoms. The summed E-state index contributed by atoms with van der Waals surface area (Å²) in [6.07, 6.45) is 1.71. The molecule has 4 N–H and O–H groups in total. The Hall–Kier alpha value is -2.20. The lowest BCUT2D eigenvalue weighted by atomic mass is 10.1. The molecule has 18 heavy (non-hydrogen) atoms. The topological polar surface area (TPSA) is 75.2 Å². The zero-order valence-corrected chi connectivity index (χ0v) is 10.0. The fourth-order valence-corrected chi connectivity index (χ4v) is 2.22. The van der Waals surface area contributed by atoms with Gasteiger partial charge in [-0.2, -0.15) is 0 Å². The molecule has 0 unspecified atom stereocenters. The maximum atomic E-state index is 9.46. The molecule has 1 aromatic carbocycles. The van der Waals surface area contributed by atoms with Crippen molar-refractivity contribution in [1.29, 1.82) is 0 Å². The highest BCUT2D eigenvalue weighted by molar-refractivity contribution is 5.87. The maximum Gasteiger partial charge on any atom is 0.117 e. The van der Waals surface area contributed by atoms with Crippen molar-refractivity contribution in [1.82, 2.24) is 4.98 Å². The van der Waals surface area contributed by atoms with Crippen LogP contribution < -0.4 is 5.73 Å². The molecule has 0 bridgehead atoms. The summed E-state index contributed by atoms with van der Waals surface area (Å²) in [7, 11) is 0. The molecular weight excluding hydrogens is 228 g/mol. The highest BCUT2D eigenvalue weighted by Crippen LogP contribution is 2.30. The van der Waals surface area contributed by atoms with E-state index in [4.69, 9.17) is 10.2 Å². The van der Waals surface area contributed by atoms with Crippen molar-refractivity contribution in [3.8, 4) is 17.0 Å². The van der Waals surface area contributed by atoms with Crippen molar-refractivity contribution < 1.29 is 9.52 Å². The number of benzene rings is 1. The van der Waals surface area contributed by atoms with Crippen molar-refractivity contribution in [2.45, 2.75) is 13.5 Å². The number of phenolic OH excluding ortho intramolecular Hbond substituents is 1. The molecular formula is C14H14N2O2. The minimum atomic E-state index is 0.248. The van der Waals surface area contributed by atoms with Crippen LogP contribution in [0.3, 0.4) is 0 Å². The molecule has 0 saturated carbocycles. The summed E-state index contributed by atoms with van der Waals surface area (Å²) in [6, 6.07) is 7.27. The molecule has 3 aromatic rings. The lowest BCUT2D eigenvalue weighted by Crippen LogP contribution is -1.98. The van der Waals surface area contributed by atoms with Crippen LogP contribution in [0.5, 0.6) is 5.75 Å². The second-order valence-corrected chi connectivity index (χ2v) is 4.34. The van der Waals surface area contributed by atoms with Crippen LogP contribution in [-0.4, -0.2) is 10.1 Å². The molecule has 0 amide bonds. The third-order valence-electron chi connectivity index (χ3n) is 3.20. The number of nitrogens with one attached hydrogen (secondary N) is 1. The number of rotatable bonds is 2. The van der Waals surface area contributed by atoms with E-state index in [1.807, 2.05) is 19.1 Å². The van der Waals surface area contributed by atoms with Gasteiger partial charge in [0.25, 0.3) is 0 Å². The van der Waals surface area contributed by atoms with E-state index in [1.165, 1.54) is 0 Å². The Labute approximate surface area is 104 Å². The first-order chi connectivity index (χ1) is 8.69. The lowest BCUT2D eigenvalue weighted by molar-refractivity contribution is 0.476. The van der Waals surface area contributed by atoms with E-state index in [1.54, 1.807) is 18.4 Å². The van der Waals surface area contributed by atoms with Crippen LogP contribution in [0.1, 0.15) is 11.3 Å². The predicted molar refractivity (Wildman–Crippen MR) is 70.3 cm³/mol. The number of aromatic amines is 1. The van der Waals surface area contributed by atoms with Gasteiger partial charge in [-0.25, -0.2) is 0 Å². The molecule has 4 heteroatoms. The standard InChI is InChI=1S/C14H14N2O2/c1-8-11(6-15)12(7-18-8)14-4-9-2-3-10(17)5-13(9)16-14/h2-5,7,16-17H,6,15H2,1H3. The Bertz CT molecular complexity index is 710. The highest BCUT2D eigenvalue weighted by Gasteiger charge is 2.13. The first-order valence-electron chi connectivity index (χ1n) is 5.78. The summed E-state index contributed by atoms with van der Waals surface area (Å²) in [4.78, 5) is 3.27. The normalized spacial score (nSPS) is 11.2. The third-order valence-corrected chi connectivity index (χ3v) is 3.20. The van der Waals surface area contributed by atoms with E-state index in [-0.39, 0.29) is 5.75 Å². The van der Waals surface area contributed by atoms with Crippen molar-refractivity contribution in [3.63, 3.8) is 0 Å². The summed E-state index contributed by atoms with van der Waals surface area (Å²) in [6.45, 7) is 2.35. The molecule has 0 aliphatic heterocycles. The van der Waals surface area contributed by atoms with Gasteiger partial charge in [-0.05, 0) is 25.1 Å². The summed E-state index contributed by atoms with van der Waals surface area (Å²) in [5.41, 5.74) is 9.57. The quantitative estimate of drug-likeness (QED) is 0.646. The fourth-order valence-electron chi connectivity index (χ4n) is 2.22. The van der Waals surface area contributed by atoms with Gasteiger partial charge in [0.1, 0.15) is 17.8 Å². The van der Waals surface area contributed by atoms with Gasteiger partial charge in [0.2, 0.25) is 0 Å². The molecule has 0 aliphatic carbocycles. The number of H-pyrrole nitrogens is 1. The van der Waals surface area contributed by atoms with E-state index in [0.29, 0.717) is 6.54 Å². The SMILES string of the molecule is Cc1occ(-c2cc3ccc(O)cc3[nH]2)c1CN. The first-order valence-corrected chi connectivity index (χ1v) is 5.78. The number of aromatic nitrogens is 1. The van der Waals surface area contributed by atoms with Crippen LogP contribution in [0.2, 0.25) is 0 Å². The molecule has 4 nitrogen and oxygen atoms in total.